The van der Waals surface area contributed by atoms with E-state index in [0.29, 0.717) is 38.8 Å². The minimum Gasteiger partial charge on any atom is -0.481 e. The van der Waals surface area contributed by atoms with Crippen molar-refractivity contribution < 1.29 is 29.3 Å². The summed E-state index contributed by atoms with van der Waals surface area (Å²) in [7, 11) is 0. The summed E-state index contributed by atoms with van der Waals surface area (Å²) >= 11 is 0. The van der Waals surface area contributed by atoms with Crippen LogP contribution in [0.15, 0.2) is 12.7 Å². The minimum atomic E-state index is -1.12. The van der Waals surface area contributed by atoms with Crippen LogP contribution in [0.3, 0.4) is 0 Å². The van der Waals surface area contributed by atoms with Gasteiger partial charge in [-0.2, -0.15) is 0 Å². The average Bonchev–Trinajstić information content (AvgIpc) is 3.23. The summed E-state index contributed by atoms with van der Waals surface area (Å²) in [5.74, 6) is -3.39. The fourth-order valence-corrected chi connectivity index (χ4v) is 5.86. The molecule has 5 atom stereocenters. The predicted molar refractivity (Wildman–Crippen MR) is 114 cm³/mol. The number of fused-ring (bicyclic) bond motifs is 1. The van der Waals surface area contributed by atoms with Crippen molar-refractivity contribution in [1.82, 2.24) is 9.80 Å². The van der Waals surface area contributed by atoms with Crippen molar-refractivity contribution in [2.75, 3.05) is 19.7 Å². The standard InChI is InChI=1S/C23H36N2O6/c1-6-12-25(21(2,3)4)19(28)17-23-11-10-22(5,31-23)16(20(29)30)15(23)18(27)24(17)13-8-7-9-14-26/h6,15-17,26H,1,7-14H2,2-5H3,(H,29,30)/t15-,16+,17?,22-,23?/m0/s1. The topological polar surface area (TPSA) is 107 Å². The highest BCUT2D eigenvalue weighted by Crippen LogP contribution is 2.63. The van der Waals surface area contributed by atoms with Crippen molar-refractivity contribution in [2.24, 2.45) is 11.8 Å². The number of carboxylic acid groups (broad SMARTS) is 1. The van der Waals surface area contributed by atoms with Crippen LogP contribution in [-0.2, 0) is 19.1 Å². The lowest BCUT2D eigenvalue weighted by atomic mass is 9.66. The molecule has 3 aliphatic rings. The van der Waals surface area contributed by atoms with Crippen LogP contribution in [0, 0.1) is 11.8 Å². The van der Waals surface area contributed by atoms with Gasteiger partial charge in [0.2, 0.25) is 11.8 Å². The van der Waals surface area contributed by atoms with Gasteiger partial charge in [0.05, 0.1) is 17.4 Å². The molecule has 8 heteroatoms. The van der Waals surface area contributed by atoms with Gasteiger partial charge in [-0.05, 0) is 59.8 Å². The van der Waals surface area contributed by atoms with Gasteiger partial charge in [0, 0.05) is 25.2 Å². The van der Waals surface area contributed by atoms with Crippen LogP contribution in [-0.4, -0.2) is 80.3 Å². The zero-order chi connectivity index (χ0) is 23.2. The predicted octanol–water partition coefficient (Wildman–Crippen LogP) is 1.81. The molecule has 0 aromatic carbocycles. The Morgan fingerprint density at radius 3 is 2.52 bits per heavy atom. The lowest BCUT2D eigenvalue weighted by Crippen LogP contribution is -2.60. The number of aliphatic hydroxyl groups excluding tert-OH is 1. The molecule has 0 radical (unpaired) electrons. The summed E-state index contributed by atoms with van der Waals surface area (Å²) in [5.41, 5.74) is -2.56. The van der Waals surface area contributed by atoms with Gasteiger partial charge in [-0.1, -0.05) is 6.08 Å². The van der Waals surface area contributed by atoms with E-state index < -0.39 is 40.6 Å². The minimum absolute atomic E-state index is 0.0720. The molecule has 31 heavy (non-hydrogen) atoms. The van der Waals surface area contributed by atoms with E-state index in [9.17, 15) is 19.5 Å². The SMILES string of the molecule is C=CCN(C(=O)C1N(CCCCCO)C(=O)[C@@H]2[C@H](C(=O)O)[C@]3(C)CCC12O3)C(C)(C)C. The molecule has 2 bridgehead atoms. The summed E-state index contributed by atoms with van der Waals surface area (Å²) in [6.45, 7) is 12.1. The van der Waals surface area contributed by atoms with Gasteiger partial charge < -0.3 is 24.7 Å². The molecule has 3 rings (SSSR count). The Bertz CT molecular complexity index is 762. The van der Waals surface area contributed by atoms with Gasteiger partial charge >= 0.3 is 5.97 Å². The third-order valence-corrected chi connectivity index (χ3v) is 7.22. The van der Waals surface area contributed by atoms with Gasteiger partial charge in [0.1, 0.15) is 11.6 Å². The number of nitrogens with zero attached hydrogens (tertiary/aromatic N) is 2. The largest absolute Gasteiger partial charge is 0.481 e. The van der Waals surface area contributed by atoms with E-state index in [1.807, 2.05) is 20.8 Å². The Morgan fingerprint density at radius 2 is 1.97 bits per heavy atom. The Labute approximate surface area is 184 Å². The molecule has 0 aromatic heterocycles. The molecular formula is C23H36N2O6. The molecule has 2 unspecified atom stereocenters. The van der Waals surface area contributed by atoms with Crippen molar-refractivity contribution in [2.45, 2.75) is 82.6 Å². The second-order valence-corrected chi connectivity index (χ2v) is 10.3. The summed E-state index contributed by atoms with van der Waals surface area (Å²) < 4.78 is 6.39. The number of amides is 2. The lowest BCUT2D eigenvalue weighted by Gasteiger charge is -2.42. The molecule has 0 aliphatic carbocycles. The molecule has 0 aromatic rings. The van der Waals surface area contributed by atoms with E-state index in [1.54, 1.807) is 22.8 Å². The molecule has 3 saturated heterocycles. The molecule has 1 spiro atoms. The molecule has 3 fully saturated rings. The summed E-state index contributed by atoms with van der Waals surface area (Å²) in [6, 6.07) is -0.857. The zero-order valence-corrected chi connectivity index (χ0v) is 19.1. The maximum absolute atomic E-state index is 13.9. The number of carbonyl (C=O) groups is 3. The van der Waals surface area contributed by atoms with Crippen molar-refractivity contribution in [1.29, 1.82) is 0 Å². The summed E-state index contributed by atoms with van der Waals surface area (Å²) in [5, 5.41) is 19.0. The van der Waals surface area contributed by atoms with E-state index >= 15 is 0 Å². The number of aliphatic carboxylic acids is 1. The Morgan fingerprint density at radius 1 is 1.29 bits per heavy atom. The third-order valence-electron chi connectivity index (χ3n) is 7.22. The number of hydrogen-bond donors (Lipinski definition) is 2. The van der Waals surface area contributed by atoms with Crippen LogP contribution in [0.1, 0.15) is 59.8 Å². The number of ether oxygens (including phenoxy) is 1. The van der Waals surface area contributed by atoms with Crippen LogP contribution < -0.4 is 0 Å². The first-order valence-corrected chi connectivity index (χ1v) is 11.2. The highest BCUT2D eigenvalue weighted by Gasteiger charge is 2.78. The molecule has 3 aliphatic heterocycles. The number of carboxylic acids is 1. The Kier molecular flexibility index (Phi) is 6.28. The molecular weight excluding hydrogens is 400 g/mol. The highest BCUT2D eigenvalue weighted by atomic mass is 16.5. The molecule has 2 amide bonds. The quantitative estimate of drug-likeness (QED) is 0.422. The number of unbranched alkanes of at least 4 members (excludes halogenated alkanes) is 2. The van der Waals surface area contributed by atoms with Crippen molar-refractivity contribution >= 4 is 17.8 Å². The first-order chi connectivity index (χ1) is 14.4. The van der Waals surface area contributed by atoms with Crippen LogP contribution in [0.5, 0.6) is 0 Å². The van der Waals surface area contributed by atoms with Crippen LogP contribution in [0.2, 0.25) is 0 Å². The number of aliphatic hydroxyl groups is 1. The number of rotatable bonds is 9. The molecule has 0 saturated carbocycles. The van der Waals surface area contributed by atoms with Crippen LogP contribution in [0.25, 0.3) is 0 Å². The maximum atomic E-state index is 13.9. The van der Waals surface area contributed by atoms with E-state index in [-0.39, 0.29) is 18.4 Å². The number of likely N-dealkylation sites (tertiary alicyclic amines) is 1. The van der Waals surface area contributed by atoms with E-state index in [2.05, 4.69) is 6.58 Å². The van der Waals surface area contributed by atoms with E-state index in [1.165, 1.54) is 0 Å². The van der Waals surface area contributed by atoms with E-state index in [4.69, 9.17) is 9.84 Å². The normalized spacial score (nSPS) is 34.2. The Balaban J connectivity index is 2.03. The number of carbonyl (C=O) groups excluding carboxylic acids is 2. The lowest BCUT2D eigenvalue weighted by molar-refractivity contribution is -0.157. The molecule has 2 N–H and O–H groups in total. The van der Waals surface area contributed by atoms with E-state index in [0.717, 1.165) is 6.42 Å². The Hall–Kier alpha value is -1.93. The summed E-state index contributed by atoms with van der Waals surface area (Å²) in [6.07, 6.45) is 4.62. The fourth-order valence-electron chi connectivity index (χ4n) is 5.86. The first kappa shape index (κ1) is 23.7. The third kappa shape index (κ3) is 3.67. The van der Waals surface area contributed by atoms with Crippen LogP contribution >= 0.6 is 0 Å². The number of hydrogen-bond acceptors (Lipinski definition) is 5. The highest BCUT2D eigenvalue weighted by molar-refractivity contribution is 5.98. The second-order valence-electron chi connectivity index (χ2n) is 10.3. The van der Waals surface area contributed by atoms with Gasteiger partial charge in [-0.3, -0.25) is 14.4 Å². The molecule has 174 valence electrons. The van der Waals surface area contributed by atoms with Gasteiger partial charge in [0.15, 0.2) is 0 Å². The monoisotopic (exact) mass is 436 g/mol. The van der Waals surface area contributed by atoms with Crippen molar-refractivity contribution in [3.63, 3.8) is 0 Å². The van der Waals surface area contributed by atoms with Gasteiger partial charge in [-0.25, -0.2) is 0 Å². The van der Waals surface area contributed by atoms with Gasteiger partial charge in [0.25, 0.3) is 0 Å². The van der Waals surface area contributed by atoms with Gasteiger partial charge in [-0.15, -0.1) is 6.58 Å². The summed E-state index contributed by atoms with van der Waals surface area (Å²) in [4.78, 5) is 43.0. The first-order valence-electron chi connectivity index (χ1n) is 11.2. The van der Waals surface area contributed by atoms with Crippen molar-refractivity contribution in [3.8, 4) is 0 Å². The maximum Gasteiger partial charge on any atom is 0.310 e. The van der Waals surface area contributed by atoms with Crippen LogP contribution in [0.4, 0.5) is 0 Å². The fraction of sp³-hybridized carbons (Fsp3) is 0.783. The smallest absolute Gasteiger partial charge is 0.310 e. The second kappa shape index (κ2) is 8.20. The zero-order valence-electron chi connectivity index (χ0n) is 19.1. The molecule has 8 nitrogen and oxygen atoms in total. The average molecular weight is 437 g/mol. The molecule has 3 heterocycles. The van der Waals surface area contributed by atoms with Crippen molar-refractivity contribution in [3.05, 3.63) is 12.7 Å².